The Morgan fingerprint density at radius 2 is 1.69 bits per heavy atom. The lowest BCUT2D eigenvalue weighted by molar-refractivity contribution is -0.147. The van der Waals surface area contributed by atoms with E-state index in [-0.39, 0.29) is 18.9 Å². The summed E-state index contributed by atoms with van der Waals surface area (Å²) in [6.45, 7) is -0.327. The highest BCUT2D eigenvalue weighted by Crippen LogP contribution is 2.14. The lowest BCUT2D eigenvalue weighted by atomic mass is 10.2. The zero-order valence-corrected chi connectivity index (χ0v) is 15.1. The Kier molecular flexibility index (Phi) is 7.44. The highest BCUT2D eigenvalue weighted by molar-refractivity contribution is 6.31. The van der Waals surface area contributed by atoms with E-state index in [1.165, 1.54) is 0 Å². The molecule has 0 unspecified atom stereocenters. The Bertz CT molecular complexity index is 794. The molecule has 2 aromatic carbocycles. The molecular weight excluding hydrogens is 379 g/mol. The van der Waals surface area contributed by atoms with Crippen molar-refractivity contribution in [1.82, 2.24) is 5.32 Å². The number of amides is 2. The number of rotatable bonds is 7. The molecule has 6 nitrogen and oxygen atoms in total. The van der Waals surface area contributed by atoms with Gasteiger partial charge in [0.1, 0.15) is 0 Å². The van der Waals surface area contributed by atoms with E-state index in [1.807, 2.05) is 0 Å². The molecule has 0 saturated carbocycles. The molecule has 2 rings (SSSR count). The van der Waals surface area contributed by atoms with Gasteiger partial charge in [-0.3, -0.25) is 14.4 Å². The number of halogens is 2. The minimum atomic E-state index is -0.595. The molecule has 2 amide bonds. The normalized spacial score (nSPS) is 10.1. The summed E-state index contributed by atoms with van der Waals surface area (Å²) < 4.78 is 4.86. The van der Waals surface area contributed by atoms with Gasteiger partial charge in [0, 0.05) is 27.8 Å². The molecule has 0 aliphatic rings. The Labute approximate surface area is 160 Å². The molecule has 2 aromatic rings. The summed E-state index contributed by atoms with van der Waals surface area (Å²) in [5.41, 5.74) is 0.942. The summed E-state index contributed by atoms with van der Waals surface area (Å²) in [4.78, 5) is 35.2. The topological polar surface area (TPSA) is 84.5 Å². The highest BCUT2D eigenvalue weighted by Gasteiger charge is 2.10. The Balaban J connectivity index is 1.66. The number of carbonyl (C=O) groups excluding carboxylic acids is 3. The summed E-state index contributed by atoms with van der Waals surface area (Å²) in [5, 5.41) is 6.15. The second kappa shape index (κ2) is 9.79. The minimum Gasteiger partial charge on any atom is -0.456 e. The first-order valence-corrected chi connectivity index (χ1v) is 8.44. The summed E-state index contributed by atoms with van der Waals surface area (Å²) in [6, 6.07) is 13.0. The molecule has 0 aromatic heterocycles. The fourth-order valence-electron chi connectivity index (χ4n) is 1.96. The van der Waals surface area contributed by atoms with Crippen molar-refractivity contribution >= 4 is 46.7 Å². The second-order valence-corrected chi connectivity index (χ2v) is 6.10. The standard InChI is InChI=1S/C18H16Cl2N2O4/c19-13-6-4-12(5-7-13)18(25)21-9-8-17(24)26-11-16(23)22-15-3-1-2-14(20)10-15/h1-7,10H,8-9,11H2,(H,21,25)(H,22,23). The van der Waals surface area contributed by atoms with Gasteiger partial charge in [-0.05, 0) is 42.5 Å². The molecule has 0 aliphatic heterocycles. The van der Waals surface area contributed by atoms with Crippen molar-refractivity contribution in [1.29, 1.82) is 0 Å². The van der Waals surface area contributed by atoms with Crippen molar-refractivity contribution in [3.8, 4) is 0 Å². The van der Waals surface area contributed by atoms with Crippen LogP contribution in [0.25, 0.3) is 0 Å². The first kappa shape index (κ1) is 19.8. The molecule has 26 heavy (non-hydrogen) atoms. The van der Waals surface area contributed by atoms with Gasteiger partial charge < -0.3 is 15.4 Å². The number of nitrogens with one attached hydrogen (secondary N) is 2. The molecule has 0 heterocycles. The summed E-state index contributed by atoms with van der Waals surface area (Å²) in [5.74, 6) is -1.40. The predicted octanol–water partition coefficient (Wildman–Crippen LogP) is 3.30. The lowest BCUT2D eigenvalue weighted by Gasteiger charge is -2.08. The number of esters is 1. The number of benzene rings is 2. The van der Waals surface area contributed by atoms with Gasteiger partial charge in [0.25, 0.3) is 11.8 Å². The fourth-order valence-corrected chi connectivity index (χ4v) is 2.28. The third kappa shape index (κ3) is 6.74. The van der Waals surface area contributed by atoms with Crippen molar-refractivity contribution in [3.05, 3.63) is 64.1 Å². The van der Waals surface area contributed by atoms with Gasteiger partial charge in [0.05, 0.1) is 6.42 Å². The molecule has 0 saturated heterocycles. The molecular formula is C18H16Cl2N2O4. The maximum absolute atomic E-state index is 11.9. The van der Waals surface area contributed by atoms with E-state index in [4.69, 9.17) is 27.9 Å². The van der Waals surface area contributed by atoms with Gasteiger partial charge in [-0.1, -0.05) is 29.3 Å². The van der Waals surface area contributed by atoms with E-state index in [9.17, 15) is 14.4 Å². The fraction of sp³-hybridized carbons (Fsp3) is 0.167. The first-order chi connectivity index (χ1) is 12.4. The molecule has 8 heteroatoms. The SMILES string of the molecule is O=C(COC(=O)CCNC(=O)c1ccc(Cl)cc1)Nc1cccc(Cl)c1. The van der Waals surface area contributed by atoms with E-state index in [0.29, 0.717) is 21.3 Å². The van der Waals surface area contributed by atoms with Gasteiger partial charge in [-0.2, -0.15) is 0 Å². The Morgan fingerprint density at radius 1 is 0.962 bits per heavy atom. The van der Waals surface area contributed by atoms with Crippen LogP contribution in [0.5, 0.6) is 0 Å². The molecule has 2 N–H and O–H groups in total. The van der Waals surface area contributed by atoms with E-state index < -0.39 is 18.5 Å². The van der Waals surface area contributed by atoms with Crippen LogP contribution in [-0.2, 0) is 14.3 Å². The number of anilines is 1. The van der Waals surface area contributed by atoms with Crippen LogP contribution in [0.1, 0.15) is 16.8 Å². The van der Waals surface area contributed by atoms with Crippen LogP contribution in [0.2, 0.25) is 10.0 Å². The molecule has 0 radical (unpaired) electrons. The summed E-state index contributed by atoms with van der Waals surface area (Å²) in [7, 11) is 0. The molecule has 0 bridgehead atoms. The largest absolute Gasteiger partial charge is 0.456 e. The zero-order valence-electron chi connectivity index (χ0n) is 13.6. The van der Waals surface area contributed by atoms with Gasteiger partial charge in [-0.15, -0.1) is 0 Å². The third-order valence-corrected chi connectivity index (χ3v) is 3.68. The smallest absolute Gasteiger partial charge is 0.308 e. The lowest BCUT2D eigenvalue weighted by Crippen LogP contribution is -2.27. The zero-order chi connectivity index (χ0) is 18.9. The van der Waals surface area contributed by atoms with Crippen molar-refractivity contribution in [2.45, 2.75) is 6.42 Å². The minimum absolute atomic E-state index is 0.0518. The second-order valence-electron chi connectivity index (χ2n) is 5.23. The number of carbonyl (C=O) groups is 3. The Hall–Kier alpha value is -2.57. The molecule has 0 aliphatic carbocycles. The number of hydrogen-bond donors (Lipinski definition) is 2. The van der Waals surface area contributed by atoms with Gasteiger partial charge in [-0.25, -0.2) is 0 Å². The van der Waals surface area contributed by atoms with Crippen LogP contribution in [0.4, 0.5) is 5.69 Å². The quantitative estimate of drug-likeness (QED) is 0.705. The average Bonchev–Trinajstić information content (AvgIpc) is 2.60. The number of hydrogen-bond acceptors (Lipinski definition) is 4. The Morgan fingerprint density at radius 3 is 2.38 bits per heavy atom. The van der Waals surface area contributed by atoms with Gasteiger partial charge >= 0.3 is 5.97 Å². The predicted molar refractivity (Wildman–Crippen MR) is 99.4 cm³/mol. The van der Waals surface area contributed by atoms with E-state index in [2.05, 4.69) is 10.6 Å². The van der Waals surface area contributed by atoms with Crippen LogP contribution in [0, 0.1) is 0 Å². The first-order valence-electron chi connectivity index (χ1n) is 7.69. The van der Waals surface area contributed by atoms with Crippen LogP contribution in [0.15, 0.2) is 48.5 Å². The van der Waals surface area contributed by atoms with Crippen molar-refractivity contribution in [3.63, 3.8) is 0 Å². The average molecular weight is 395 g/mol. The third-order valence-electron chi connectivity index (χ3n) is 3.19. The molecule has 0 atom stereocenters. The summed E-state index contributed by atoms with van der Waals surface area (Å²) in [6.07, 6.45) is -0.0518. The monoisotopic (exact) mass is 394 g/mol. The molecule has 136 valence electrons. The maximum Gasteiger partial charge on any atom is 0.308 e. The van der Waals surface area contributed by atoms with Crippen molar-refractivity contribution in [2.24, 2.45) is 0 Å². The van der Waals surface area contributed by atoms with Crippen LogP contribution < -0.4 is 10.6 Å². The molecule has 0 spiro atoms. The van der Waals surface area contributed by atoms with Crippen LogP contribution in [0.3, 0.4) is 0 Å². The number of ether oxygens (including phenoxy) is 1. The van der Waals surface area contributed by atoms with E-state index >= 15 is 0 Å². The van der Waals surface area contributed by atoms with Crippen LogP contribution in [-0.4, -0.2) is 30.9 Å². The van der Waals surface area contributed by atoms with Gasteiger partial charge in [0.2, 0.25) is 0 Å². The van der Waals surface area contributed by atoms with Crippen LogP contribution >= 0.6 is 23.2 Å². The molecule has 0 fully saturated rings. The summed E-state index contributed by atoms with van der Waals surface area (Å²) >= 11 is 11.6. The van der Waals surface area contributed by atoms with Crippen molar-refractivity contribution in [2.75, 3.05) is 18.5 Å². The van der Waals surface area contributed by atoms with Crippen molar-refractivity contribution < 1.29 is 19.1 Å². The maximum atomic E-state index is 11.9. The van der Waals surface area contributed by atoms with Gasteiger partial charge in [0.15, 0.2) is 6.61 Å². The van der Waals surface area contributed by atoms with E-state index in [1.54, 1.807) is 48.5 Å². The highest BCUT2D eigenvalue weighted by atomic mass is 35.5. The van der Waals surface area contributed by atoms with E-state index in [0.717, 1.165) is 0 Å².